The van der Waals surface area contributed by atoms with E-state index in [4.69, 9.17) is 10.5 Å². The molecule has 0 spiro atoms. The summed E-state index contributed by atoms with van der Waals surface area (Å²) in [7, 11) is -3.55. The summed E-state index contributed by atoms with van der Waals surface area (Å²) in [5.74, 6) is 0.622. The van der Waals surface area contributed by atoms with Crippen molar-refractivity contribution < 1.29 is 13.2 Å². The van der Waals surface area contributed by atoms with Gasteiger partial charge in [-0.1, -0.05) is 0 Å². The maximum absolute atomic E-state index is 12.1. The van der Waals surface area contributed by atoms with Gasteiger partial charge in [0.15, 0.2) is 0 Å². The normalized spacial score (nSPS) is 11.5. The predicted octanol–water partition coefficient (Wildman–Crippen LogP) is 0.616. The molecule has 0 fully saturated rings. The van der Waals surface area contributed by atoms with Gasteiger partial charge in [0.1, 0.15) is 5.75 Å². The number of hydrogen-bond donors (Lipinski definition) is 3. The molecule has 4 N–H and O–H groups in total. The largest absolute Gasteiger partial charge is 0.494 e. The second kappa shape index (κ2) is 7.21. The molecule has 0 amide bonds. The fourth-order valence-corrected chi connectivity index (χ4v) is 2.64. The van der Waals surface area contributed by atoms with E-state index in [1.807, 2.05) is 0 Å². The van der Waals surface area contributed by atoms with Crippen molar-refractivity contribution in [1.29, 1.82) is 0 Å². The fraction of sp³-hybridized carbons (Fsp3) is 0.308. The Hall–Kier alpha value is -1.90. The molecule has 0 unspecified atom stereocenters. The summed E-state index contributed by atoms with van der Waals surface area (Å²) in [5, 5.41) is 6.38. The molecule has 0 atom stereocenters. The molecule has 0 aliphatic carbocycles. The molecule has 0 bridgehead atoms. The number of H-pyrrole nitrogens is 1. The number of benzene rings is 1. The Morgan fingerprint density at radius 1 is 1.29 bits per heavy atom. The van der Waals surface area contributed by atoms with Crippen LogP contribution in [0.4, 0.5) is 0 Å². The Bertz CT molecular complexity index is 639. The third kappa shape index (κ3) is 4.55. The molecule has 1 heterocycles. The first-order valence-corrected chi connectivity index (χ1v) is 8.00. The van der Waals surface area contributed by atoms with Crippen molar-refractivity contribution in [1.82, 2.24) is 14.9 Å². The van der Waals surface area contributed by atoms with E-state index in [1.54, 1.807) is 24.5 Å². The van der Waals surface area contributed by atoms with Crippen molar-refractivity contribution >= 4 is 10.0 Å². The first-order chi connectivity index (χ1) is 10.1. The van der Waals surface area contributed by atoms with Gasteiger partial charge in [-0.3, -0.25) is 5.10 Å². The van der Waals surface area contributed by atoms with Crippen molar-refractivity contribution in [2.24, 2.45) is 5.73 Å². The van der Waals surface area contributed by atoms with Gasteiger partial charge in [0, 0.05) is 18.3 Å². The van der Waals surface area contributed by atoms with Crippen molar-refractivity contribution in [2.75, 3.05) is 13.2 Å². The van der Waals surface area contributed by atoms with E-state index in [0.29, 0.717) is 18.9 Å². The number of nitrogens with one attached hydrogen (secondary N) is 2. The third-order valence-electron chi connectivity index (χ3n) is 2.77. The summed E-state index contributed by atoms with van der Waals surface area (Å²) in [6, 6.07) is 6.27. The average Bonchev–Trinajstić information content (AvgIpc) is 3.00. The van der Waals surface area contributed by atoms with Gasteiger partial charge in [0.2, 0.25) is 10.0 Å². The van der Waals surface area contributed by atoms with Crippen LogP contribution < -0.4 is 15.2 Å². The molecule has 2 rings (SSSR count). The van der Waals surface area contributed by atoms with Crippen LogP contribution in [0, 0.1) is 0 Å². The molecule has 7 nitrogen and oxygen atoms in total. The zero-order valence-corrected chi connectivity index (χ0v) is 12.3. The molecule has 0 saturated carbocycles. The number of hydrogen-bond acceptors (Lipinski definition) is 5. The molecule has 0 radical (unpaired) electrons. The molecule has 2 aromatic rings. The fourth-order valence-electron chi connectivity index (χ4n) is 1.62. The minimum atomic E-state index is -3.55. The van der Waals surface area contributed by atoms with Crippen molar-refractivity contribution in [2.45, 2.75) is 17.9 Å². The Morgan fingerprint density at radius 2 is 2.05 bits per heavy atom. The van der Waals surface area contributed by atoms with Crippen LogP contribution in [0.15, 0.2) is 41.6 Å². The zero-order valence-electron chi connectivity index (χ0n) is 11.5. The number of aromatic amines is 1. The third-order valence-corrected chi connectivity index (χ3v) is 4.19. The van der Waals surface area contributed by atoms with Crippen LogP contribution in [0.2, 0.25) is 0 Å². The maximum atomic E-state index is 12.1. The number of rotatable bonds is 8. The van der Waals surface area contributed by atoms with E-state index in [0.717, 1.165) is 12.0 Å². The number of sulfonamides is 1. The highest BCUT2D eigenvalue weighted by atomic mass is 32.2. The molecule has 0 aliphatic rings. The molecule has 21 heavy (non-hydrogen) atoms. The molecule has 0 saturated heterocycles. The van der Waals surface area contributed by atoms with Crippen molar-refractivity contribution in [3.8, 4) is 5.75 Å². The summed E-state index contributed by atoms with van der Waals surface area (Å²) in [6.45, 7) is 1.26. The van der Waals surface area contributed by atoms with Gasteiger partial charge in [-0.15, -0.1) is 0 Å². The lowest BCUT2D eigenvalue weighted by molar-refractivity contribution is 0.313. The highest BCUT2D eigenvalue weighted by Crippen LogP contribution is 2.16. The SMILES string of the molecule is NCCCOc1ccc(S(=O)(=O)NCc2cn[nH]c2)cc1. The molecular weight excluding hydrogens is 292 g/mol. The molecule has 0 aliphatic heterocycles. The van der Waals surface area contributed by atoms with Gasteiger partial charge in [-0.05, 0) is 37.2 Å². The second-order valence-corrected chi connectivity index (χ2v) is 6.16. The highest BCUT2D eigenvalue weighted by Gasteiger charge is 2.13. The van der Waals surface area contributed by atoms with Gasteiger partial charge in [0.25, 0.3) is 0 Å². The average molecular weight is 310 g/mol. The monoisotopic (exact) mass is 310 g/mol. The molecule has 1 aromatic carbocycles. The number of nitrogens with zero attached hydrogens (tertiary/aromatic N) is 1. The summed E-state index contributed by atoms with van der Waals surface area (Å²) >= 11 is 0. The van der Waals surface area contributed by atoms with E-state index in [-0.39, 0.29) is 11.4 Å². The van der Waals surface area contributed by atoms with Crippen LogP contribution in [0.25, 0.3) is 0 Å². The Kier molecular flexibility index (Phi) is 5.32. The number of ether oxygens (including phenoxy) is 1. The predicted molar refractivity (Wildman–Crippen MR) is 78.2 cm³/mol. The van der Waals surface area contributed by atoms with Gasteiger partial charge >= 0.3 is 0 Å². The van der Waals surface area contributed by atoms with Gasteiger partial charge in [-0.2, -0.15) is 5.10 Å². The van der Waals surface area contributed by atoms with Crippen LogP contribution in [0.5, 0.6) is 5.75 Å². The summed E-state index contributed by atoms with van der Waals surface area (Å²) < 4.78 is 32.1. The topological polar surface area (TPSA) is 110 Å². The molecular formula is C13H18N4O3S. The minimum Gasteiger partial charge on any atom is -0.494 e. The molecule has 8 heteroatoms. The first kappa shape index (κ1) is 15.5. The second-order valence-electron chi connectivity index (χ2n) is 4.39. The van der Waals surface area contributed by atoms with Crippen molar-refractivity contribution in [3.05, 3.63) is 42.2 Å². The summed E-state index contributed by atoms with van der Waals surface area (Å²) in [5.41, 5.74) is 6.14. The number of nitrogens with two attached hydrogens (primary N) is 1. The van der Waals surface area contributed by atoms with Crippen LogP contribution in [0.1, 0.15) is 12.0 Å². The van der Waals surface area contributed by atoms with Crippen LogP contribution in [0.3, 0.4) is 0 Å². The highest BCUT2D eigenvalue weighted by molar-refractivity contribution is 7.89. The van der Waals surface area contributed by atoms with Crippen LogP contribution >= 0.6 is 0 Å². The smallest absolute Gasteiger partial charge is 0.240 e. The van der Waals surface area contributed by atoms with Gasteiger partial charge in [0.05, 0.1) is 17.7 Å². The van der Waals surface area contributed by atoms with E-state index in [2.05, 4.69) is 14.9 Å². The Labute approximate surface area is 123 Å². The van der Waals surface area contributed by atoms with Gasteiger partial charge in [-0.25, -0.2) is 13.1 Å². The Balaban J connectivity index is 1.96. The van der Waals surface area contributed by atoms with Crippen molar-refractivity contribution in [3.63, 3.8) is 0 Å². The first-order valence-electron chi connectivity index (χ1n) is 6.52. The lowest BCUT2D eigenvalue weighted by atomic mass is 10.3. The van der Waals surface area contributed by atoms with Gasteiger partial charge < -0.3 is 10.5 Å². The van der Waals surface area contributed by atoms with E-state index < -0.39 is 10.0 Å². The number of aromatic nitrogens is 2. The summed E-state index contributed by atoms with van der Waals surface area (Å²) in [6.07, 6.45) is 3.96. The lowest BCUT2D eigenvalue weighted by Crippen LogP contribution is -2.22. The van der Waals surface area contributed by atoms with Crippen LogP contribution in [-0.2, 0) is 16.6 Å². The summed E-state index contributed by atoms with van der Waals surface area (Å²) in [4.78, 5) is 0.192. The standard InChI is InChI=1S/C13H18N4O3S/c14-6-1-7-20-12-2-4-13(5-3-12)21(18,19)17-10-11-8-15-16-9-11/h2-5,8-9,17H,1,6-7,10,14H2,(H,15,16). The lowest BCUT2D eigenvalue weighted by Gasteiger charge is -2.08. The van der Waals surface area contributed by atoms with E-state index in [9.17, 15) is 8.42 Å². The van der Waals surface area contributed by atoms with E-state index >= 15 is 0 Å². The Morgan fingerprint density at radius 3 is 2.67 bits per heavy atom. The minimum absolute atomic E-state index is 0.188. The molecule has 114 valence electrons. The van der Waals surface area contributed by atoms with E-state index in [1.165, 1.54) is 12.1 Å². The zero-order chi connectivity index (χ0) is 15.1. The molecule has 1 aromatic heterocycles. The maximum Gasteiger partial charge on any atom is 0.240 e. The quantitative estimate of drug-likeness (QED) is 0.619. The van der Waals surface area contributed by atoms with Crippen LogP contribution in [-0.4, -0.2) is 31.8 Å².